The maximum absolute atomic E-state index is 11.3. The minimum atomic E-state index is -0.788. The number of benzene rings is 1. The van der Waals surface area contributed by atoms with E-state index in [-0.39, 0.29) is 0 Å². The Morgan fingerprint density at radius 1 is 1.25 bits per heavy atom. The van der Waals surface area contributed by atoms with Crippen molar-refractivity contribution in [3.8, 4) is 0 Å². The lowest BCUT2D eigenvalue weighted by atomic mass is 10.1. The molecule has 1 aromatic carbocycles. The van der Waals surface area contributed by atoms with Gasteiger partial charge in [0.2, 0.25) is 0 Å². The van der Waals surface area contributed by atoms with Crippen molar-refractivity contribution in [1.29, 1.82) is 0 Å². The predicted octanol–water partition coefficient (Wildman–Crippen LogP) is 2.56. The number of aliphatic carboxylic acids is 1. The lowest BCUT2D eigenvalue weighted by Gasteiger charge is -2.23. The molecule has 4 heteroatoms. The summed E-state index contributed by atoms with van der Waals surface area (Å²) < 4.78 is 0. The zero-order chi connectivity index (χ0) is 11.5. The molecule has 86 valence electrons. The van der Waals surface area contributed by atoms with E-state index in [2.05, 4.69) is 0 Å². The topological polar surface area (TPSA) is 40.5 Å². The van der Waals surface area contributed by atoms with Crippen LogP contribution in [0.2, 0.25) is 5.02 Å². The van der Waals surface area contributed by atoms with E-state index >= 15 is 0 Å². The smallest absolute Gasteiger partial charge is 0.325 e. The number of likely N-dealkylation sites (tertiary alicyclic amines) is 1. The molecular formula is C12H14ClNO2. The summed E-state index contributed by atoms with van der Waals surface area (Å²) in [5.41, 5.74) is 0.804. The number of hydrogen-bond donors (Lipinski definition) is 1. The van der Waals surface area contributed by atoms with Crippen molar-refractivity contribution in [2.24, 2.45) is 0 Å². The molecule has 0 bridgehead atoms. The Kier molecular flexibility index (Phi) is 3.46. The second kappa shape index (κ2) is 4.85. The molecule has 1 N–H and O–H groups in total. The van der Waals surface area contributed by atoms with Crippen LogP contribution in [-0.2, 0) is 4.79 Å². The van der Waals surface area contributed by atoms with Gasteiger partial charge in [0, 0.05) is 5.02 Å². The van der Waals surface area contributed by atoms with Crippen molar-refractivity contribution in [1.82, 2.24) is 4.90 Å². The average molecular weight is 240 g/mol. The summed E-state index contributed by atoms with van der Waals surface area (Å²) in [4.78, 5) is 13.3. The van der Waals surface area contributed by atoms with Gasteiger partial charge in [-0.15, -0.1) is 0 Å². The molecule has 0 aromatic heterocycles. The molecule has 0 aliphatic carbocycles. The molecule has 1 aliphatic rings. The molecule has 2 rings (SSSR count). The van der Waals surface area contributed by atoms with Crippen molar-refractivity contribution in [3.63, 3.8) is 0 Å². The molecule has 1 aromatic rings. The lowest BCUT2D eigenvalue weighted by Crippen LogP contribution is -2.31. The van der Waals surface area contributed by atoms with E-state index in [9.17, 15) is 9.90 Å². The second-order valence-corrected chi connectivity index (χ2v) is 4.47. The Morgan fingerprint density at radius 2 is 1.81 bits per heavy atom. The maximum Gasteiger partial charge on any atom is 0.325 e. The first-order valence-electron chi connectivity index (χ1n) is 5.41. The van der Waals surface area contributed by atoms with Crippen LogP contribution in [0.5, 0.6) is 0 Å². The molecule has 1 unspecified atom stereocenters. The highest BCUT2D eigenvalue weighted by atomic mass is 35.5. The van der Waals surface area contributed by atoms with Crippen LogP contribution < -0.4 is 0 Å². The molecule has 0 spiro atoms. The van der Waals surface area contributed by atoms with Gasteiger partial charge in [0.1, 0.15) is 6.04 Å². The highest BCUT2D eigenvalue weighted by Gasteiger charge is 2.29. The summed E-state index contributed by atoms with van der Waals surface area (Å²) in [6.45, 7) is 1.72. The molecule has 3 nitrogen and oxygen atoms in total. The minimum absolute atomic E-state index is 0.528. The quantitative estimate of drug-likeness (QED) is 0.881. The number of hydrogen-bond acceptors (Lipinski definition) is 2. The van der Waals surface area contributed by atoms with Crippen molar-refractivity contribution in [2.45, 2.75) is 18.9 Å². The van der Waals surface area contributed by atoms with Crippen LogP contribution >= 0.6 is 11.6 Å². The van der Waals surface area contributed by atoms with Gasteiger partial charge in [0.25, 0.3) is 0 Å². The Balaban J connectivity index is 2.24. The van der Waals surface area contributed by atoms with Gasteiger partial charge in [0.05, 0.1) is 0 Å². The molecule has 1 fully saturated rings. The molecule has 1 saturated heterocycles. The highest BCUT2D eigenvalue weighted by Crippen LogP contribution is 2.26. The fraction of sp³-hybridized carbons (Fsp3) is 0.417. The van der Waals surface area contributed by atoms with Crippen LogP contribution in [-0.4, -0.2) is 29.1 Å². The zero-order valence-corrected chi connectivity index (χ0v) is 9.65. The SMILES string of the molecule is O=C(O)C(c1ccc(Cl)cc1)N1CCCC1. The summed E-state index contributed by atoms with van der Waals surface area (Å²) in [5, 5.41) is 9.92. The molecule has 1 heterocycles. The molecular weight excluding hydrogens is 226 g/mol. The third-order valence-electron chi connectivity index (χ3n) is 2.93. The summed E-state index contributed by atoms with van der Waals surface area (Å²) in [6.07, 6.45) is 2.16. The number of carbonyl (C=O) groups is 1. The average Bonchev–Trinajstić information content (AvgIpc) is 2.74. The van der Waals surface area contributed by atoms with Crippen LogP contribution in [0.1, 0.15) is 24.4 Å². The van der Waals surface area contributed by atoms with Crippen LogP contribution in [0.3, 0.4) is 0 Å². The fourth-order valence-corrected chi connectivity index (χ4v) is 2.28. The number of halogens is 1. The van der Waals surface area contributed by atoms with Crippen LogP contribution in [0.25, 0.3) is 0 Å². The van der Waals surface area contributed by atoms with E-state index in [1.54, 1.807) is 24.3 Å². The fourth-order valence-electron chi connectivity index (χ4n) is 2.15. The third kappa shape index (κ3) is 2.36. The second-order valence-electron chi connectivity index (χ2n) is 4.04. The van der Waals surface area contributed by atoms with Crippen molar-refractivity contribution >= 4 is 17.6 Å². The van der Waals surface area contributed by atoms with E-state index in [0.29, 0.717) is 5.02 Å². The molecule has 1 atom stereocenters. The lowest BCUT2D eigenvalue weighted by molar-refractivity contribution is -0.143. The predicted molar refractivity (Wildman–Crippen MR) is 62.6 cm³/mol. The van der Waals surface area contributed by atoms with Gasteiger partial charge in [-0.3, -0.25) is 9.69 Å². The first kappa shape index (κ1) is 11.4. The van der Waals surface area contributed by atoms with Gasteiger partial charge < -0.3 is 5.11 Å². The third-order valence-corrected chi connectivity index (χ3v) is 3.18. The molecule has 0 amide bonds. The highest BCUT2D eigenvalue weighted by molar-refractivity contribution is 6.30. The zero-order valence-electron chi connectivity index (χ0n) is 8.90. The van der Waals surface area contributed by atoms with Gasteiger partial charge in [-0.1, -0.05) is 23.7 Å². The van der Waals surface area contributed by atoms with E-state index in [1.807, 2.05) is 4.90 Å². The minimum Gasteiger partial charge on any atom is -0.480 e. The Hall–Kier alpha value is -1.06. The standard InChI is InChI=1S/C12H14ClNO2/c13-10-5-3-9(4-6-10)11(12(15)16)14-7-1-2-8-14/h3-6,11H,1-2,7-8H2,(H,15,16). The van der Waals surface area contributed by atoms with E-state index in [1.165, 1.54) is 0 Å². The van der Waals surface area contributed by atoms with Crippen LogP contribution in [0, 0.1) is 0 Å². The molecule has 0 radical (unpaired) electrons. The number of rotatable bonds is 3. The monoisotopic (exact) mass is 239 g/mol. The van der Waals surface area contributed by atoms with E-state index in [0.717, 1.165) is 31.5 Å². The van der Waals surface area contributed by atoms with Gasteiger partial charge in [-0.05, 0) is 43.6 Å². The van der Waals surface area contributed by atoms with E-state index in [4.69, 9.17) is 11.6 Å². The summed E-state index contributed by atoms with van der Waals surface area (Å²) in [6, 6.07) is 6.53. The number of carboxylic acid groups (broad SMARTS) is 1. The summed E-state index contributed by atoms with van der Waals surface area (Å²) in [7, 11) is 0. The van der Waals surface area contributed by atoms with Crippen LogP contribution in [0.15, 0.2) is 24.3 Å². The van der Waals surface area contributed by atoms with Gasteiger partial charge in [-0.2, -0.15) is 0 Å². The molecule has 0 saturated carbocycles. The van der Waals surface area contributed by atoms with Crippen molar-refractivity contribution in [3.05, 3.63) is 34.9 Å². The van der Waals surface area contributed by atoms with Crippen molar-refractivity contribution < 1.29 is 9.90 Å². The van der Waals surface area contributed by atoms with Gasteiger partial charge in [-0.25, -0.2) is 0 Å². The van der Waals surface area contributed by atoms with E-state index < -0.39 is 12.0 Å². The normalized spacial score (nSPS) is 18.6. The Morgan fingerprint density at radius 3 is 2.31 bits per heavy atom. The van der Waals surface area contributed by atoms with Crippen molar-refractivity contribution in [2.75, 3.05) is 13.1 Å². The van der Waals surface area contributed by atoms with Gasteiger partial charge >= 0.3 is 5.97 Å². The summed E-state index contributed by atoms with van der Waals surface area (Å²) >= 11 is 5.79. The molecule has 16 heavy (non-hydrogen) atoms. The van der Waals surface area contributed by atoms with Gasteiger partial charge in [0.15, 0.2) is 0 Å². The molecule has 1 aliphatic heterocycles. The maximum atomic E-state index is 11.3. The Labute approximate surface area is 99.6 Å². The largest absolute Gasteiger partial charge is 0.480 e. The first-order chi connectivity index (χ1) is 7.68. The Bertz CT molecular complexity index is 371. The first-order valence-corrected chi connectivity index (χ1v) is 5.78. The number of carboxylic acids is 1. The number of nitrogens with zero attached hydrogens (tertiary/aromatic N) is 1. The summed E-state index contributed by atoms with van der Waals surface area (Å²) in [5.74, 6) is -0.788. The van der Waals surface area contributed by atoms with Crippen LogP contribution in [0.4, 0.5) is 0 Å².